The zero-order chi connectivity index (χ0) is 17.6. The van der Waals surface area contributed by atoms with Gasteiger partial charge in [-0.15, -0.1) is 6.58 Å². The molecule has 0 radical (unpaired) electrons. The third kappa shape index (κ3) is 3.95. The van der Waals surface area contributed by atoms with Crippen molar-refractivity contribution < 1.29 is 14.9 Å². The van der Waals surface area contributed by atoms with Crippen LogP contribution >= 0.6 is 0 Å². The molecule has 2 aromatic carbocycles. The third-order valence-electron chi connectivity index (χ3n) is 3.67. The quantitative estimate of drug-likeness (QED) is 0.670. The predicted octanol–water partition coefficient (Wildman–Crippen LogP) is 3.86. The molecule has 0 spiro atoms. The third-order valence-corrected chi connectivity index (χ3v) is 3.67. The standard InChI is InChI=1S/C20H18N2O3/c1-2-6-17-19(23)21-18(22-20(17)24)15-9-11-16(12-10-15)25-13-14-7-4-3-5-8-14/h2-5,7-12H,1,6,13H2,(H2,21,22,23,24). The Morgan fingerprint density at radius 1 is 0.920 bits per heavy atom. The van der Waals surface area contributed by atoms with E-state index in [1.807, 2.05) is 30.3 Å². The normalized spacial score (nSPS) is 10.4. The minimum absolute atomic E-state index is 0.244. The first-order valence-corrected chi connectivity index (χ1v) is 7.84. The number of ether oxygens (including phenoxy) is 1. The van der Waals surface area contributed by atoms with E-state index in [0.29, 0.717) is 24.3 Å². The van der Waals surface area contributed by atoms with Crippen LogP contribution in [0.5, 0.6) is 17.5 Å². The van der Waals surface area contributed by atoms with Gasteiger partial charge in [0.1, 0.15) is 12.4 Å². The maximum atomic E-state index is 9.95. The summed E-state index contributed by atoms with van der Waals surface area (Å²) in [6.07, 6.45) is 1.86. The minimum atomic E-state index is -0.244. The molecular weight excluding hydrogens is 316 g/mol. The van der Waals surface area contributed by atoms with Gasteiger partial charge in [0, 0.05) is 12.0 Å². The fourth-order valence-electron chi connectivity index (χ4n) is 2.36. The Labute approximate surface area is 145 Å². The van der Waals surface area contributed by atoms with Gasteiger partial charge in [0.25, 0.3) is 0 Å². The van der Waals surface area contributed by atoms with Crippen molar-refractivity contribution in [2.75, 3.05) is 0 Å². The molecule has 1 heterocycles. The van der Waals surface area contributed by atoms with Crippen LogP contribution in [-0.4, -0.2) is 20.2 Å². The number of benzene rings is 2. The Bertz CT molecular complexity index is 839. The van der Waals surface area contributed by atoms with E-state index in [1.165, 1.54) is 0 Å². The number of aromatic nitrogens is 2. The molecule has 0 unspecified atom stereocenters. The molecular formula is C20H18N2O3. The Balaban J connectivity index is 1.75. The summed E-state index contributed by atoms with van der Waals surface area (Å²) in [5.74, 6) is 0.473. The van der Waals surface area contributed by atoms with Gasteiger partial charge in [-0.05, 0) is 29.8 Å². The molecule has 3 rings (SSSR count). The monoisotopic (exact) mass is 334 g/mol. The average molecular weight is 334 g/mol. The van der Waals surface area contributed by atoms with Gasteiger partial charge in [0.05, 0.1) is 5.56 Å². The first kappa shape index (κ1) is 16.5. The molecule has 126 valence electrons. The van der Waals surface area contributed by atoms with Crippen LogP contribution in [0.3, 0.4) is 0 Å². The molecule has 0 saturated heterocycles. The van der Waals surface area contributed by atoms with Crippen molar-refractivity contribution in [1.29, 1.82) is 0 Å². The van der Waals surface area contributed by atoms with Crippen molar-refractivity contribution in [3.05, 3.63) is 78.4 Å². The van der Waals surface area contributed by atoms with Crippen molar-refractivity contribution in [3.63, 3.8) is 0 Å². The molecule has 2 N–H and O–H groups in total. The lowest BCUT2D eigenvalue weighted by Gasteiger charge is -2.09. The highest BCUT2D eigenvalue weighted by atomic mass is 16.5. The summed E-state index contributed by atoms with van der Waals surface area (Å²) in [7, 11) is 0. The second kappa shape index (κ2) is 7.49. The van der Waals surface area contributed by atoms with Crippen molar-refractivity contribution in [2.45, 2.75) is 13.0 Å². The minimum Gasteiger partial charge on any atom is -0.493 e. The number of hydrogen-bond donors (Lipinski definition) is 2. The van der Waals surface area contributed by atoms with E-state index < -0.39 is 0 Å². The summed E-state index contributed by atoms with van der Waals surface area (Å²) in [4.78, 5) is 8.08. The first-order valence-electron chi connectivity index (χ1n) is 7.84. The zero-order valence-corrected chi connectivity index (χ0v) is 13.6. The highest BCUT2D eigenvalue weighted by molar-refractivity contribution is 5.58. The number of hydrogen-bond acceptors (Lipinski definition) is 5. The van der Waals surface area contributed by atoms with E-state index >= 15 is 0 Å². The summed E-state index contributed by atoms with van der Waals surface area (Å²) < 4.78 is 5.73. The Morgan fingerprint density at radius 2 is 1.56 bits per heavy atom. The summed E-state index contributed by atoms with van der Waals surface area (Å²) >= 11 is 0. The molecule has 0 saturated carbocycles. The van der Waals surface area contributed by atoms with Crippen LogP contribution in [0.25, 0.3) is 11.4 Å². The number of aromatic hydroxyl groups is 2. The van der Waals surface area contributed by atoms with Crippen LogP contribution in [0.1, 0.15) is 11.1 Å². The van der Waals surface area contributed by atoms with Gasteiger partial charge >= 0.3 is 0 Å². The predicted molar refractivity (Wildman–Crippen MR) is 95.5 cm³/mol. The maximum Gasteiger partial charge on any atom is 0.221 e. The molecule has 5 heteroatoms. The van der Waals surface area contributed by atoms with Gasteiger partial charge in [-0.2, -0.15) is 9.97 Å². The van der Waals surface area contributed by atoms with Gasteiger partial charge in [-0.3, -0.25) is 0 Å². The molecule has 0 bridgehead atoms. The summed E-state index contributed by atoms with van der Waals surface area (Å²) in [6.45, 7) is 4.06. The Kier molecular flexibility index (Phi) is 4.95. The lowest BCUT2D eigenvalue weighted by Crippen LogP contribution is -1.96. The van der Waals surface area contributed by atoms with Crippen LogP contribution in [0.15, 0.2) is 67.3 Å². The lowest BCUT2D eigenvalue weighted by atomic mass is 10.1. The molecule has 5 nitrogen and oxygen atoms in total. The van der Waals surface area contributed by atoms with E-state index in [9.17, 15) is 10.2 Å². The number of rotatable bonds is 6. The molecule has 1 aromatic heterocycles. The topological polar surface area (TPSA) is 75.5 Å². The maximum absolute atomic E-state index is 9.95. The first-order chi connectivity index (χ1) is 12.2. The molecule has 0 fully saturated rings. The molecule has 0 aliphatic rings. The van der Waals surface area contributed by atoms with E-state index in [-0.39, 0.29) is 23.1 Å². The van der Waals surface area contributed by atoms with Crippen LogP contribution in [0, 0.1) is 0 Å². The second-order valence-electron chi connectivity index (χ2n) is 5.46. The van der Waals surface area contributed by atoms with E-state index in [2.05, 4.69) is 16.5 Å². The molecule has 0 amide bonds. The highest BCUT2D eigenvalue weighted by Crippen LogP contribution is 2.28. The zero-order valence-electron chi connectivity index (χ0n) is 13.6. The molecule has 3 aromatic rings. The second-order valence-corrected chi connectivity index (χ2v) is 5.46. The van der Waals surface area contributed by atoms with Crippen LogP contribution in [-0.2, 0) is 13.0 Å². The largest absolute Gasteiger partial charge is 0.493 e. The number of allylic oxidation sites excluding steroid dienone is 1. The smallest absolute Gasteiger partial charge is 0.221 e. The van der Waals surface area contributed by atoms with Crippen LogP contribution < -0.4 is 4.74 Å². The van der Waals surface area contributed by atoms with Gasteiger partial charge in [-0.25, -0.2) is 0 Å². The van der Waals surface area contributed by atoms with Crippen LogP contribution in [0.4, 0.5) is 0 Å². The van der Waals surface area contributed by atoms with Crippen molar-refractivity contribution in [1.82, 2.24) is 9.97 Å². The van der Waals surface area contributed by atoms with E-state index in [4.69, 9.17) is 4.74 Å². The Hall–Kier alpha value is -3.34. The van der Waals surface area contributed by atoms with Gasteiger partial charge in [-0.1, -0.05) is 36.4 Å². The van der Waals surface area contributed by atoms with Crippen molar-refractivity contribution >= 4 is 0 Å². The van der Waals surface area contributed by atoms with Crippen molar-refractivity contribution in [3.8, 4) is 28.9 Å². The molecule has 25 heavy (non-hydrogen) atoms. The fraction of sp³-hybridized carbons (Fsp3) is 0.100. The fourth-order valence-corrected chi connectivity index (χ4v) is 2.36. The van der Waals surface area contributed by atoms with Crippen LogP contribution in [0.2, 0.25) is 0 Å². The molecule has 0 aliphatic carbocycles. The van der Waals surface area contributed by atoms with Gasteiger partial charge in [0.15, 0.2) is 5.82 Å². The highest BCUT2D eigenvalue weighted by Gasteiger charge is 2.13. The average Bonchev–Trinajstić information content (AvgIpc) is 2.64. The van der Waals surface area contributed by atoms with E-state index in [0.717, 1.165) is 5.56 Å². The summed E-state index contributed by atoms with van der Waals surface area (Å²) in [6, 6.07) is 17.0. The van der Waals surface area contributed by atoms with Crippen molar-refractivity contribution in [2.24, 2.45) is 0 Å². The van der Waals surface area contributed by atoms with Gasteiger partial charge < -0.3 is 14.9 Å². The van der Waals surface area contributed by atoms with Gasteiger partial charge in [0.2, 0.25) is 11.8 Å². The molecule has 0 aliphatic heterocycles. The SMILES string of the molecule is C=CCc1c(O)nc(-c2ccc(OCc3ccccc3)cc2)nc1O. The summed E-state index contributed by atoms with van der Waals surface area (Å²) in [5, 5.41) is 19.9. The Morgan fingerprint density at radius 3 is 2.16 bits per heavy atom. The lowest BCUT2D eigenvalue weighted by molar-refractivity contribution is 0.306. The van der Waals surface area contributed by atoms with E-state index in [1.54, 1.807) is 30.3 Å². The molecule has 0 atom stereocenters. The summed E-state index contributed by atoms with van der Waals surface area (Å²) in [5.41, 5.74) is 2.02. The number of nitrogens with zero attached hydrogens (tertiary/aromatic N) is 2.